The van der Waals surface area contributed by atoms with Crippen LogP contribution in [0.5, 0.6) is 0 Å². The van der Waals surface area contributed by atoms with E-state index in [1.807, 2.05) is 18.4 Å². The number of amides is 2. The Bertz CT molecular complexity index is 936. The summed E-state index contributed by atoms with van der Waals surface area (Å²) in [4.78, 5) is 29.9. The number of nitrogens with one attached hydrogen (secondary N) is 2. The molecule has 1 aromatic carbocycles. The van der Waals surface area contributed by atoms with Crippen molar-refractivity contribution in [2.45, 2.75) is 13.3 Å². The van der Waals surface area contributed by atoms with Crippen LogP contribution in [0.1, 0.15) is 34.2 Å². The van der Waals surface area contributed by atoms with E-state index in [9.17, 15) is 9.59 Å². The summed E-state index contributed by atoms with van der Waals surface area (Å²) >= 11 is 6.41. The van der Waals surface area contributed by atoms with Gasteiger partial charge in [0.1, 0.15) is 10.7 Å². The molecule has 0 aliphatic heterocycles. The fourth-order valence-corrected chi connectivity index (χ4v) is 4.50. The number of rotatable bonds is 6. The number of aromatic nitrogens is 1. The van der Waals surface area contributed by atoms with Crippen molar-refractivity contribution in [3.05, 3.63) is 56.8 Å². The normalized spacial score (nSPS) is 10.5. The Balaban J connectivity index is 1.70. The van der Waals surface area contributed by atoms with E-state index in [4.69, 9.17) is 0 Å². The summed E-state index contributed by atoms with van der Waals surface area (Å²) in [6.45, 7) is 2.61. The van der Waals surface area contributed by atoms with Gasteiger partial charge in [-0.15, -0.1) is 22.7 Å². The van der Waals surface area contributed by atoms with E-state index < -0.39 is 0 Å². The smallest absolute Gasteiger partial charge is 0.275 e. The van der Waals surface area contributed by atoms with Crippen LogP contribution in [0.15, 0.2) is 45.6 Å². The maximum atomic E-state index is 12.4. The maximum absolute atomic E-state index is 12.4. The number of hydrogen-bond acceptors (Lipinski definition) is 5. The van der Waals surface area contributed by atoms with E-state index in [1.165, 1.54) is 11.3 Å². The Labute approximate surface area is 167 Å². The van der Waals surface area contributed by atoms with Crippen molar-refractivity contribution in [1.82, 2.24) is 10.3 Å². The number of thiazole rings is 1. The number of anilines is 1. The van der Waals surface area contributed by atoms with E-state index >= 15 is 0 Å². The SMILES string of the molecule is CCCNC(=O)c1cccc(NC(=O)c2csc(-c3cc(Br)cs3)n2)c1. The van der Waals surface area contributed by atoms with Crippen LogP contribution in [0.4, 0.5) is 5.69 Å². The lowest BCUT2D eigenvalue weighted by Gasteiger charge is -2.07. The first kappa shape index (κ1) is 18.8. The zero-order valence-corrected chi connectivity index (χ0v) is 17.1. The number of carbonyl (C=O) groups is 2. The summed E-state index contributed by atoms with van der Waals surface area (Å²) < 4.78 is 0.997. The van der Waals surface area contributed by atoms with Gasteiger partial charge in [-0.1, -0.05) is 13.0 Å². The van der Waals surface area contributed by atoms with Crippen LogP contribution in [-0.4, -0.2) is 23.3 Å². The molecule has 2 aromatic heterocycles. The minimum atomic E-state index is -0.297. The topological polar surface area (TPSA) is 71.1 Å². The predicted octanol–water partition coefficient (Wildman–Crippen LogP) is 5.03. The molecule has 0 atom stereocenters. The van der Waals surface area contributed by atoms with E-state index in [1.54, 1.807) is 41.0 Å². The second kappa shape index (κ2) is 8.57. The van der Waals surface area contributed by atoms with Crippen LogP contribution in [0.3, 0.4) is 0 Å². The monoisotopic (exact) mass is 449 g/mol. The van der Waals surface area contributed by atoms with Gasteiger partial charge in [0.25, 0.3) is 11.8 Å². The Hall–Kier alpha value is -2.03. The average molecular weight is 450 g/mol. The van der Waals surface area contributed by atoms with Gasteiger partial charge >= 0.3 is 0 Å². The van der Waals surface area contributed by atoms with Gasteiger partial charge in [0.05, 0.1) is 4.88 Å². The summed E-state index contributed by atoms with van der Waals surface area (Å²) in [7, 11) is 0. The zero-order valence-electron chi connectivity index (χ0n) is 13.9. The second-order valence-electron chi connectivity index (χ2n) is 5.46. The molecule has 5 nitrogen and oxygen atoms in total. The van der Waals surface area contributed by atoms with Crippen LogP contribution in [0.2, 0.25) is 0 Å². The Morgan fingerprint density at radius 2 is 2.00 bits per heavy atom. The van der Waals surface area contributed by atoms with Gasteiger partial charge < -0.3 is 10.6 Å². The first-order chi connectivity index (χ1) is 12.6. The minimum absolute atomic E-state index is 0.151. The zero-order chi connectivity index (χ0) is 18.5. The molecule has 3 rings (SSSR count). The van der Waals surface area contributed by atoms with Crippen molar-refractivity contribution >= 4 is 56.1 Å². The number of benzene rings is 1. The highest BCUT2D eigenvalue weighted by atomic mass is 79.9. The number of hydrogen-bond donors (Lipinski definition) is 2. The lowest BCUT2D eigenvalue weighted by molar-refractivity contribution is 0.0952. The van der Waals surface area contributed by atoms with E-state index in [-0.39, 0.29) is 11.8 Å². The van der Waals surface area contributed by atoms with Gasteiger partial charge in [-0.25, -0.2) is 4.98 Å². The van der Waals surface area contributed by atoms with E-state index in [0.29, 0.717) is 23.5 Å². The Morgan fingerprint density at radius 3 is 2.73 bits per heavy atom. The molecule has 2 heterocycles. The number of halogens is 1. The highest BCUT2D eigenvalue weighted by molar-refractivity contribution is 9.10. The largest absolute Gasteiger partial charge is 0.352 e. The van der Waals surface area contributed by atoms with Crippen LogP contribution in [0, 0.1) is 0 Å². The number of nitrogens with zero attached hydrogens (tertiary/aromatic N) is 1. The van der Waals surface area contributed by atoms with Crippen molar-refractivity contribution in [2.24, 2.45) is 0 Å². The van der Waals surface area contributed by atoms with Gasteiger partial charge in [-0.3, -0.25) is 9.59 Å². The van der Waals surface area contributed by atoms with Gasteiger partial charge in [-0.05, 0) is 46.6 Å². The van der Waals surface area contributed by atoms with Crippen molar-refractivity contribution in [3.63, 3.8) is 0 Å². The Kier molecular flexibility index (Phi) is 6.18. The molecule has 134 valence electrons. The molecule has 0 aliphatic rings. The molecule has 26 heavy (non-hydrogen) atoms. The van der Waals surface area contributed by atoms with Gasteiger partial charge in [-0.2, -0.15) is 0 Å². The van der Waals surface area contributed by atoms with E-state index in [0.717, 1.165) is 20.8 Å². The lowest BCUT2D eigenvalue weighted by atomic mass is 10.2. The molecule has 0 spiro atoms. The fraction of sp³-hybridized carbons (Fsp3) is 0.167. The standard InChI is InChI=1S/C18H16BrN3O2S2/c1-2-6-20-16(23)11-4-3-5-13(7-11)21-17(24)14-10-26-18(22-14)15-8-12(19)9-25-15/h3-5,7-10H,2,6H2,1H3,(H,20,23)(H,21,24). The molecule has 2 amide bonds. The summed E-state index contributed by atoms with van der Waals surface area (Å²) in [6.07, 6.45) is 0.870. The van der Waals surface area contributed by atoms with Crippen molar-refractivity contribution < 1.29 is 9.59 Å². The maximum Gasteiger partial charge on any atom is 0.275 e. The molecular weight excluding hydrogens is 434 g/mol. The first-order valence-corrected chi connectivity index (χ1v) is 10.5. The average Bonchev–Trinajstić information content (AvgIpc) is 3.29. The van der Waals surface area contributed by atoms with Crippen molar-refractivity contribution in [3.8, 4) is 9.88 Å². The molecule has 2 N–H and O–H groups in total. The molecule has 0 fully saturated rings. The molecule has 0 saturated heterocycles. The first-order valence-electron chi connectivity index (χ1n) is 7.96. The molecule has 0 radical (unpaired) electrons. The molecular formula is C18H16BrN3O2S2. The van der Waals surface area contributed by atoms with E-state index in [2.05, 4.69) is 31.5 Å². The van der Waals surface area contributed by atoms with Crippen LogP contribution in [0.25, 0.3) is 9.88 Å². The fourth-order valence-electron chi connectivity index (χ4n) is 2.19. The quantitative estimate of drug-likeness (QED) is 0.554. The van der Waals surface area contributed by atoms with Crippen molar-refractivity contribution in [2.75, 3.05) is 11.9 Å². The van der Waals surface area contributed by atoms with Gasteiger partial charge in [0.2, 0.25) is 0 Å². The third-order valence-corrected chi connectivity index (χ3v) is 6.14. The molecule has 3 aromatic rings. The second-order valence-corrected chi connectivity index (χ2v) is 8.14. The molecule has 0 saturated carbocycles. The summed E-state index contributed by atoms with van der Waals surface area (Å²) in [5, 5.41) is 10.1. The molecule has 0 bridgehead atoms. The predicted molar refractivity (Wildman–Crippen MR) is 110 cm³/mol. The summed E-state index contributed by atoms with van der Waals surface area (Å²) in [5.74, 6) is -0.448. The van der Waals surface area contributed by atoms with Crippen LogP contribution >= 0.6 is 38.6 Å². The van der Waals surface area contributed by atoms with Crippen molar-refractivity contribution in [1.29, 1.82) is 0 Å². The third kappa shape index (κ3) is 4.57. The number of thiophene rings is 1. The number of carbonyl (C=O) groups excluding carboxylic acids is 2. The molecule has 8 heteroatoms. The van der Waals surface area contributed by atoms with Gasteiger partial charge in [0, 0.05) is 33.0 Å². The minimum Gasteiger partial charge on any atom is -0.352 e. The lowest BCUT2D eigenvalue weighted by Crippen LogP contribution is -2.24. The molecule has 0 unspecified atom stereocenters. The highest BCUT2D eigenvalue weighted by Gasteiger charge is 2.14. The summed E-state index contributed by atoms with van der Waals surface area (Å²) in [6, 6.07) is 8.84. The van der Waals surface area contributed by atoms with Gasteiger partial charge in [0.15, 0.2) is 0 Å². The summed E-state index contributed by atoms with van der Waals surface area (Å²) in [5.41, 5.74) is 1.43. The molecule has 0 aliphatic carbocycles. The van der Waals surface area contributed by atoms with Crippen LogP contribution in [-0.2, 0) is 0 Å². The van der Waals surface area contributed by atoms with Crippen LogP contribution < -0.4 is 10.6 Å². The Morgan fingerprint density at radius 1 is 1.15 bits per heavy atom. The highest BCUT2D eigenvalue weighted by Crippen LogP contribution is 2.32. The third-order valence-electron chi connectivity index (χ3n) is 3.43.